The van der Waals surface area contributed by atoms with Gasteiger partial charge >= 0.3 is 0 Å². The highest BCUT2D eigenvalue weighted by Gasteiger charge is 2.26. The summed E-state index contributed by atoms with van der Waals surface area (Å²) < 4.78 is 5.77. The zero-order valence-corrected chi connectivity index (χ0v) is 18.1. The van der Waals surface area contributed by atoms with Crippen molar-refractivity contribution in [3.05, 3.63) is 48.0 Å². The first-order valence-electron chi connectivity index (χ1n) is 10.9. The Hall–Kier alpha value is -3.13. The largest absolute Gasteiger partial charge is 0.451 e. The predicted octanol–water partition coefficient (Wildman–Crippen LogP) is 2.25. The van der Waals surface area contributed by atoms with E-state index in [1.165, 1.54) is 0 Å². The van der Waals surface area contributed by atoms with Gasteiger partial charge in [0.15, 0.2) is 5.76 Å². The number of likely N-dealkylation sites (N-methyl/N-ethyl adjacent to an activating group) is 1. The first-order valence-corrected chi connectivity index (χ1v) is 10.9. The van der Waals surface area contributed by atoms with Crippen LogP contribution < -0.4 is 9.80 Å². The molecule has 8 nitrogen and oxygen atoms in total. The lowest BCUT2D eigenvalue weighted by molar-refractivity contribution is 0.0717. The first kappa shape index (κ1) is 19.8. The molecule has 162 valence electrons. The highest BCUT2D eigenvalue weighted by atomic mass is 16.3. The minimum absolute atomic E-state index is 0.0483. The minimum Gasteiger partial charge on any atom is -0.451 e. The number of para-hydroxylation sites is 1. The number of carbonyl (C=O) groups excluding carboxylic acids is 1. The molecule has 1 amide bonds. The van der Waals surface area contributed by atoms with Crippen LogP contribution in [-0.4, -0.2) is 85.1 Å². The van der Waals surface area contributed by atoms with Gasteiger partial charge in [0.25, 0.3) is 5.91 Å². The van der Waals surface area contributed by atoms with E-state index in [-0.39, 0.29) is 5.91 Å². The molecule has 2 aromatic heterocycles. The summed E-state index contributed by atoms with van der Waals surface area (Å²) in [6, 6.07) is 11.6. The number of aromatic nitrogens is 2. The van der Waals surface area contributed by atoms with Crippen molar-refractivity contribution in [2.75, 3.05) is 69.2 Å². The number of hydrogen-bond donors (Lipinski definition) is 0. The van der Waals surface area contributed by atoms with E-state index >= 15 is 0 Å². The fraction of sp³-hybridized carbons (Fsp3) is 0.435. The monoisotopic (exact) mass is 420 g/mol. The Bertz CT molecular complexity index is 1050. The van der Waals surface area contributed by atoms with Gasteiger partial charge in [-0.1, -0.05) is 18.2 Å². The molecule has 0 saturated carbocycles. The van der Waals surface area contributed by atoms with Gasteiger partial charge in [0.2, 0.25) is 0 Å². The molecule has 2 aliphatic rings. The number of hydrogen-bond acceptors (Lipinski definition) is 7. The lowest BCUT2D eigenvalue weighted by Crippen LogP contribution is -2.49. The van der Waals surface area contributed by atoms with E-state index < -0.39 is 0 Å². The Kier molecular flexibility index (Phi) is 5.23. The molecule has 2 saturated heterocycles. The highest BCUT2D eigenvalue weighted by molar-refractivity contribution is 5.96. The maximum Gasteiger partial charge on any atom is 0.289 e. The van der Waals surface area contributed by atoms with Crippen molar-refractivity contribution in [1.29, 1.82) is 0 Å². The predicted molar refractivity (Wildman–Crippen MR) is 121 cm³/mol. The summed E-state index contributed by atoms with van der Waals surface area (Å²) >= 11 is 0. The number of amides is 1. The van der Waals surface area contributed by atoms with Crippen molar-refractivity contribution in [1.82, 2.24) is 19.8 Å². The van der Waals surface area contributed by atoms with Crippen molar-refractivity contribution in [3.8, 4) is 0 Å². The molecule has 8 heteroatoms. The molecule has 0 radical (unpaired) electrons. The standard InChI is InChI=1S/C23H28N6O2/c1-17-24-21(27-9-7-26(2)8-10-27)16-22(25-17)28-11-13-29(14-12-28)23(30)20-15-18-5-3-4-6-19(18)31-20/h3-6,15-16H,7-14H2,1-2H3. The van der Waals surface area contributed by atoms with Crippen molar-refractivity contribution >= 4 is 28.5 Å². The van der Waals surface area contributed by atoms with Crippen LogP contribution in [0, 0.1) is 6.92 Å². The van der Waals surface area contributed by atoms with Gasteiger partial charge in [-0.2, -0.15) is 0 Å². The van der Waals surface area contributed by atoms with Crippen LogP contribution in [0.25, 0.3) is 11.0 Å². The molecule has 5 rings (SSSR count). The number of carbonyl (C=O) groups is 1. The van der Waals surface area contributed by atoms with Gasteiger partial charge in [-0.3, -0.25) is 4.79 Å². The lowest BCUT2D eigenvalue weighted by Gasteiger charge is -2.36. The number of rotatable bonds is 3. The third-order valence-corrected chi connectivity index (χ3v) is 6.17. The van der Waals surface area contributed by atoms with Gasteiger partial charge in [0.1, 0.15) is 23.0 Å². The van der Waals surface area contributed by atoms with Crippen LogP contribution in [0.4, 0.5) is 11.6 Å². The average molecular weight is 421 g/mol. The summed E-state index contributed by atoms with van der Waals surface area (Å²) in [6.45, 7) is 8.76. The fourth-order valence-corrected chi connectivity index (χ4v) is 4.28. The van der Waals surface area contributed by atoms with E-state index in [0.717, 1.165) is 67.7 Å². The quantitative estimate of drug-likeness (QED) is 0.644. The topological polar surface area (TPSA) is 69.0 Å². The van der Waals surface area contributed by atoms with Crippen LogP contribution in [0.1, 0.15) is 16.4 Å². The van der Waals surface area contributed by atoms with Crippen LogP contribution in [0.2, 0.25) is 0 Å². The summed E-state index contributed by atoms with van der Waals surface area (Å²) in [5, 5.41) is 0.956. The molecule has 0 aliphatic carbocycles. The molecular formula is C23H28N6O2. The van der Waals surface area contributed by atoms with Crippen molar-refractivity contribution in [3.63, 3.8) is 0 Å². The number of fused-ring (bicyclic) bond motifs is 1. The molecule has 0 N–H and O–H groups in total. The van der Waals surface area contributed by atoms with Crippen LogP contribution in [0.5, 0.6) is 0 Å². The molecule has 0 bridgehead atoms. The number of aryl methyl sites for hydroxylation is 1. The molecule has 0 atom stereocenters. The number of anilines is 2. The molecule has 1 aromatic carbocycles. The molecule has 2 fully saturated rings. The maximum atomic E-state index is 12.9. The second-order valence-corrected chi connectivity index (χ2v) is 8.35. The minimum atomic E-state index is -0.0483. The van der Waals surface area contributed by atoms with Gasteiger partial charge in [0, 0.05) is 63.8 Å². The number of nitrogens with zero attached hydrogens (tertiary/aromatic N) is 6. The normalized spacial score (nSPS) is 18.1. The lowest BCUT2D eigenvalue weighted by atomic mass is 10.2. The molecular weight excluding hydrogens is 392 g/mol. The zero-order chi connectivity index (χ0) is 21.4. The van der Waals surface area contributed by atoms with Crippen LogP contribution in [0.3, 0.4) is 0 Å². The number of benzene rings is 1. The van der Waals surface area contributed by atoms with Gasteiger partial charge in [-0.15, -0.1) is 0 Å². The second-order valence-electron chi connectivity index (χ2n) is 8.35. The van der Waals surface area contributed by atoms with Crippen molar-refractivity contribution in [2.24, 2.45) is 0 Å². The smallest absolute Gasteiger partial charge is 0.289 e. The van der Waals surface area contributed by atoms with E-state index in [9.17, 15) is 4.79 Å². The average Bonchev–Trinajstić information content (AvgIpc) is 3.23. The Morgan fingerprint density at radius 1 is 0.871 bits per heavy atom. The Morgan fingerprint density at radius 3 is 2.13 bits per heavy atom. The fourth-order valence-electron chi connectivity index (χ4n) is 4.28. The van der Waals surface area contributed by atoms with E-state index in [0.29, 0.717) is 18.8 Å². The summed E-state index contributed by atoms with van der Waals surface area (Å²) in [4.78, 5) is 31.1. The van der Waals surface area contributed by atoms with E-state index in [4.69, 9.17) is 4.42 Å². The summed E-state index contributed by atoms with van der Waals surface area (Å²) in [7, 11) is 2.15. The summed E-state index contributed by atoms with van der Waals surface area (Å²) in [5.41, 5.74) is 0.748. The van der Waals surface area contributed by atoms with Gasteiger partial charge in [-0.05, 0) is 26.1 Å². The first-order chi connectivity index (χ1) is 15.1. The summed E-state index contributed by atoms with van der Waals surface area (Å²) in [6.07, 6.45) is 0. The molecule has 0 unspecified atom stereocenters. The zero-order valence-electron chi connectivity index (χ0n) is 18.1. The third kappa shape index (κ3) is 4.07. The maximum absolute atomic E-state index is 12.9. The van der Waals surface area contributed by atoms with Gasteiger partial charge in [-0.25, -0.2) is 9.97 Å². The molecule has 4 heterocycles. The number of piperazine rings is 2. The Labute approximate surface area is 182 Å². The third-order valence-electron chi connectivity index (χ3n) is 6.17. The highest BCUT2D eigenvalue weighted by Crippen LogP contribution is 2.23. The number of furan rings is 1. The van der Waals surface area contributed by atoms with Crippen molar-refractivity contribution in [2.45, 2.75) is 6.92 Å². The Balaban J connectivity index is 1.26. The van der Waals surface area contributed by atoms with E-state index in [1.54, 1.807) is 0 Å². The SMILES string of the molecule is Cc1nc(N2CCN(C)CC2)cc(N2CCN(C(=O)c3cc4ccccc4o3)CC2)n1. The van der Waals surface area contributed by atoms with Crippen LogP contribution >= 0.6 is 0 Å². The van der Waals surface area contributed by atoms with Crippen molar-refractivity contribution < 1.29 is 9.21 Å². The molecule has 2 aliphatic heterocycles. The van der Waals surface area contributed by atoms with Gasteiger partial charge in [0.05, 0.1) is 0 Å². The van der Waals surface area contributed by atoms with Gasteiger partial charge < -0.3 is 24.0 Å². The Morgan fingerprint density at radius 2 is 1.48 bits per heavy atom. The van der Waals surface area contributed by atoms with E-state index in [1.807, 2.05) is 42.2 Å². The molecule has 31 heavy (non-hydrogen) atoms. The molecule has 0 spiro atoms. The second kappa shape index (κ2) is 8.19. The van der Waals surface area contributed by atoms with Crippen LogP contribution in [0.15, 0.2) is 40.8 Å². The summed E-state index contributed by atoms with van der Waals surface area (Å²) in [5.74, 6) is 3.08. The van der Waals surface area contributed by atoms with E-state index in [2.05, 4.69) is 37.8 Å². The van der Waals surface area contributed by atoms with Crippen LogP contribution in [-0.2, 0) is 0 Å². The molecule has 3 aromatic rings.